The fraction of sp³-hybridized carbons (Fsp3) is 0.333. The van der Waals surface area contributed by atoms with Gasteiger partial charge in [0.1, 0.15) is 11.9 Å². The number of para-hydroxylation sites is 1. The zero-order chi connectivity index (χ0) is 21.8. The standard InChI is InChI=1S/C27H29N3O2/c31-27(30-16-12-22(13-17-30)21-10-14-28-15-11-21)20-29-18-24-8-4-5-9-25(24)32-26(19-29)23-6-2-1-3-7-23/h1-11,14-15,22,26H,12-13,16-20H2. The monoisotopic (exact) mass is 427 g/mol. The van der Waals surface area contributed by atoms with Crippen molar-refractivity contribution < 1.29 is 9.53 Å². The molecule has 1 saturated heterocycles. The zero-order valence-electron chi connectivity index (χ0n) is 18.3. The Labute approximate surface area is 189 Å². The molecule has 0 aliphatic carbocycles. The maximum Gasteiger partial charge on any atom is 0.236 e. The molecule has 5 rings (SSSR count). The predicted octanol–water partition coefficient (Wildman–Crippen LogP) is 4.42. The van der Waals surface area contributed by atoms with E-state index in [0.717, 1.165) is 49.4 Å². The molecule has 0 saturated carbocycles. The highest BCUT2D eigenvalue weighted by atomic mass is 16.5. The lowest BCUT2D eigenvalue weighted by Gasteiger charge is -2.34. The van der Waals surface area contributed by atoms with E-state index in [1.807, 2.05) is 53.7 Å². The molecule has 5 heteroatoms. The van der Waals surface area contributed by atoms with Gasteiger partial charge in [0.25, 0.3) is 0 Å². The summed E-state index contributed by atoms with van der Waals surface area (Å²) in [7, 11) is 0. The second-order valence-electron chi connectivity index (χ2n) is 8.73. The lowest BCUT2D eigenvalue weighted by Crippen LogP contribution is -2.44. The van der Waals surface area contributed by atoms with Crippen molar-refractivity contribution in [3.05, 3.63) is 95.8 Å². The number of carbonyl (C=O) groups is 1. The summed E-state index contributed by atoms with van der Waals surface area (Å²) in [6.45, 7) is 3.46. The number of amides is 1. The van der Waals surface area contributed by atoms with E-state index in [9.17, 15) is 4.79 Å². The van der Waals surface area contributed by atoms with Gasteiger partial charge in [-0.05, 0) is 48.1 Å². The van der Waals surface area contributed by atoms with E-state index in [2.05, 4.69) is 40.2 Å². The molecule has 2 aromatic carbocycles. The number of fused-ring (bicyclic) bond motifs is 1. The van der Waals surface area contributed by atoms with Crippen LogP contribution in [-0.2, 0) is 11.3 Å². The van der Waals surface area contributed by atoms with E-state index in [1.54, 1.807) is 0 Å². The minimum absolute atomic E-state index is 0.0925. The number of rotatable bonds is 4. The predicted molar refractivity (Wildman–Crippen MR) is 124 cm³/mol. The Hall–Kier alpha value is -3.18. The number of hydrogen-bond donors (Lipinski definition) is 0. The van der Waals surface area contributed by atoms with Gasteiger partial charge in [-0.2, -0.15) is 0 Å². The van der Waals surface area contributed by atoms with Crippen LogP contribution in [0.25, 0.3) is 0 Å². The largest absolute Gasteiger partial charge is 0.484 e. The summed E-state index contributed by atoms with van der Waals surface area (Å²) >= 11 is 0. The molecule has 164 valence electrons. The highest BCUT2D eigenvalue weighted by Gasteiger charge is 2.28. The molecule has 3 heterocycles. The lowest BCUT2D eigenvalue weighted by atomic mass is 9.90. The van der Waals surface area contributed by atoms with Gasteiger partial charge in [0.15, 0.2) is 0 Å². The molecule has 0 bridgehead atoms. The van der Waals surface area contributed by atoms with E-state index in [0.29, 0.717) is 19.0 Å². The number of carbonyl (C=O) groups excluding carboxylic acids is 1. The number of likely N-dealkylation sites (tertiary alicyclic amines) is 1. The summed E-state index contributed by atoms with van der Waals surface area (Å²) in [6, 6.07) is 22.7. The molecule has 1 fully saturated rings. The van der Waals surface area contributed by atoms with E-state index >= 15 is 0 Å². The van der Waals surface area contributed by atoms with Crippen LogP contribution in [-0.4, -0.2) is 46.9 Å². The molecule has 0 spiro atoms. The van der Waals surface area contributed by atoms with Gasteiger partial charge in [0.05, 0.1) is 6.54 Å². The van der Waals surface area contributed by atoms with Gasteiger partial charge in [-0.1, -0.05) is 48.5 Å². The second-order valence-corrected chi connectivity index (χ2v) is 8.73. The van der Waals surface area contributed by atoms with Crippen LogP contribution < -0.4 is 4.74 Å². The third-order valence-electron chi connectivity index (χ3n) is 6.62. The van der Waals surface area contributed by atoms with Crippen LogP contribution in [0.4, 0.5) is 0 Å². The number of nitrogens with zero attached hydrogens (tertiary/aromatic N) is 3. The minimum Gasteiger partial charge on any atom is -0.484 e. The highest BCUT2D eigenvalue weighted by Crippen LogP contribution is 2.31. The molecule has 32 heavy (non-hydrogen) atoms. The van der Waals surface area contributed by atoms with E-state index in [4.69, 9.17) is 4.74 Å². The topological polar surface area (TPSA) is 45.7 Å². The van der Waals surface area contributed by atoms with Crippen molar-refractivity contribution in [1.82, 2.24) is 14.8 Å². The van der Waals surface area contributed by atoms with Gasteiger partial charge in [-0.25, -0.2) is 0 Å². The van der Waals surface area contributed by atoms with E-state index in [-0.39, 0.29) is 12.0 Å². The van der Waals surface area contributed by atoms with Crippen LogP contribution >= 0.6 is 0 Å². The van der Waals surface area contributed by atoms with Gasteiger partial charge in [0, 0.05) is 44.1 Å². The maximum absolute atomic E-state index is 13.2. The zero-order valence-corrected chi connectivity index (χ0v) is 18.3. The Morgan fingerprint density at radius 3 is 2.41 bits per heavy atom. The Balaban J connectivity index is 1.26. The van der Waals surface area contributed by atoms with Crippen molar-refractivity contribution in [2.24, 2.45) is 0 Å². The first kappa shape index (κ1) is 20.7. The normalized spacial score (nSPS) is 19.6. The van der Waals surface area contributed by atoms with Gasteiger partial charge in [0.2, 0.25) is 5.91 Å². The van der Waals surface area contributed by atoms with Crippen molar-refractivity contribution in [2.45, 2.75) is 31.4 Å². The van der Waals surface area contributed by atoms with Crippen molar-refractivity contribution in [3.8, 4) is 5.75 Å². The molecule has 3 aromatic rings. The van der Waals surface area contributed by atoms with Crippen LogP contribution in [0.15, 0.2) is 79.1 Å². The molecule has 1 atom stereocenters. The molecule has 2 aliphatic heterocycles. The summed E-state index contributed by atoms with van der Waals surface area (Å²) < 4.78 is 6.39. The number of aromatic nitrogens is 1. The Bertz CT molecular complexity index is 1030. The second kappa shape index (κ2) is 9.53. The number of piperidine rings is 1. The maximum atomic E-state index is 13.2. The molecule has 2 aliphatic rings. The summed E-state index contributed by atoms with van der Waals surface area (Å²) in [5.41, 5.74) is 3.61. The van der Waals surface area contributed by atoms with Crippen LogP contribution in [0.1, 0.15) is 41.6 Å². The average molecular weight is 428 g/mol. The number of pyridine rings is 1. The fourth-order valence-corrected chi connectivity index (χ4v) is 4.83. The number of hydrogen-bond acceptors (Lipinski definition) is 4. The Kier molecular flexibility index (Phi) is 6.17. The molecular formula is C27H29N3O2. The first-order valence-corrected chi connectivity index (χ1v) is 11.5. The van der Waals surface area contributed by atoms with Crippen molar-refractivity contribution in [3.63, 3.8) is 0 Å². The fourth-order valence-electron chi connectivity index (χ4n) is 4.83. The SMILES string of the molecule is O=C(CN1Cc2ccccc2OC(c2ccccc2)C1)N1CCC(c2ccncc2)CC1. The third kappa shape index (κ3) is 4.68. The van der Waals surface area contributed by atoms with Crippen LogP contribution in [0.2, 0.25) is 0 Å². The smallest absolute Gasteiger partial charge is 0.236 e. The summed E-state index contributed by atoms with van der Waals surface area (Å²) in [4.78, 5) is 21.6. The third-order valence-corrected chi connectivity index (χ3v) is 6.62. The minimum atomic E-state index is -0.0925. The van der Waals surface area contributed by atoms with Gasteiger partial charge < -0.3 is 9.64 Å². The van der Waals surface area contributed by atoms with E-state index in [1.165, 1.54) is 5.56 Å². The van der Waals surface area contributed by atoms with Crippen molar-refractivity contribution in [1.29, 1.82) is 0 Å². The average Bonchev–Trinajstić information content (AvgIpc) is 3.04. The lowest BCUT2D eigenvalue weighted by molar-refractivity contribution is -0.133. The van der Waals surface area contributed by atoms with Crippen LogP contribution in [0.5, 0.6) is 5.75 Å². The first-order chi connectivity index (χ1) is 15.8. The Morgan fingerprint density at radius 2 is 1.62 bits per heavy atom. The molecule has 5 nitrogen and oxygen atoms in total. The van der Waals surface area contributed by atoms with Crippen molar-refractivity contribution in [2.75, 3.05) is 26.2 Å². The van der Waals surface area contributed by atoms with Gasteiger partial charge in [-0.3, -0.25) is 14.7 Å². The molecular weight excluding hydrogens is 398 g/mol. The van der Waals surface area contributed by atoms with Gasteiger partial charge in [-0.15, -0.1) is 0 Å². The molecule has 0 radical (unpaired) electrons. The molecule has 1 unspecified atom stereocenters. The first-order valence-electron chi connectivity index (χ1n) is 11.5. The molecule has 1 aromatic heterocycles. The number of ether oxygens (including phenoxy) is 1. The Morgan fingerprint density at radius 1 is 0.906 bits per heavy atom. The summed E-state index contributed by atoms with van der Waals surface area (Å²) in [6.07, 6.45) is 5.64. The summed E-state index contributed by atoms with van der Waals surface area (Å²) in [5, 5.41) is 0. The molecule has 0 N–H and O–H groups in total. The quantitative estimate of drug-likeness (QED) is 0.618. The van der Waals surface area contributed by atoms with Crippen LogP contribution in [0.3, 0.4) is 0 Å². The van der Waals surface area contributed by atoms with E-state index < -0.39 is 0 Å². The summed E-state index contributed by atoms with van der Waals surface area (Å²) in [5.74, 6) is 1.64. The van der Waals surface area contributed by atoms with Crippen LogP contribution in [0, 0.1) is 0 Å². The number of benzene rings is 2. The van der Waals surface area contributed by atoms with Gasteiger partial charge >= 0.3 is 0 Å². The highest BCUT2D eigenvalue weighted by molar-refractivity contribution is 5.78. The van der Waals surface area contributed by atoms with Crippen molar-refractivity contribution >= 4 is 5.91 Å². The molecule has 1 amide bonds.